The van der Waals surface area contributed by atoms with E-state index in [1.54, 1.807) is 46.3 Å². The Hall–Kier alpha value is -3.94. The van der Waals surface area contributed by atoms with Crippen LogP contribution in [0.15, 0.2) is 58.9 Å². The summed E-state index contributed by atoms with van der Waals surface area (Å²) in [4.78, 5) is 26.7. The molecule has 190 valence electrons. The van der Waals surface area contributed by atoms with E-state index < -0.39 is 11.9 Å². The van der Waals surface area contributed by atoms with Crippen molar-refractivity contribution in [1.29, 1.82) is 0 Å². The number of nitrogens with one attached hydrogen (secondary N) is 1. The summed E-state index contributed by atoms with van der Waals surface area (Å²) < 4.78 is 21.3. The highest BCUT2D eigenvalue weighted by molar-refractivity contribution is 6.04. The maximum Gasteiger partial charge on any atom is 0.336 e. The summed E-state index contributed by atoms with van der Waals surface area (Å²) in [6, 6.07) is 10.6. The van der Waals surface area contributed by atoms with E-state index in [0.29, 0.717) is 46.1 Å². The summed E-state index contributed by atoms with van der Waals surface area (Å²) >= 11 is 0. The summed E-state index contributed by atoms with van der Waals surface area (Å²) in [6.07, 6.45) is 0.840. The van der Waals surface area contributed by atoms with Crippen molar-refractivity contribution < 1.29 is 33.6 Å². The lowest BCUT2D eigenvalue weighted by atomic mass is 9.71. The molecule has 2 aromatic rings. The maximum absolute atomic E-state index is 13.7. The first kappa shape index (κ1) is 25.2. The van der Waals surface area contributed by atoms with Crippen LogP contribution in [0, 0.1) is 0 Å². The molecule has 8 heteroatoms. The van der Waals surface area contributed by atoms with Crippen molar-refractivity contribution in [2.75, 3.05) is 27.9 Å². The van der Waals surface area contributed by atoms with Crippen LogP contribution in [0.2, 0.25) is 0 Å². The van der Waals surface area contributed by atoms with Crippen LogP contribution in [0.3, 0.4) is 0 Å². The highest BCUT2D eigenvalue weighted by Crippen LogP contribution is 2.47. The van der Waals surface area contributed by atoms with Crippen LogP contribution in [-0.2, 0) is 14.3 Å². The summed E-state index contributed by atoms with van der Waals surface area (Å²) in [5, 5.41) is 13.8. The van der Waals surface area contributed by atoms with Gasteiger partial charge in [-0.2, -0.15) is 0 Å². The van der Waals surface area contributed by atoms with Gasteiger partial charge in [0.1, 0.15) is 0 Å². The average molecular weight is 494 g/mol. The highest BCUT2D eigenvalue weighted by Gasteiger charge is 2.41. The van der Waals surface area contributed by atoms with Crippen LogP contribution >= 0.6 is 0 Å². The number of ketones is 1. The van der Waals surface area contributed by atoms with Crippen molar-refractivity contribution in [3.63, 3.8) is 0 Å². The lowest BCUT2D eigenvalue weighted by Gasteiger charge is -2.36. The van der Waals surface area contributed by atoms with Crippen LogP contribution < -0.4 is 19.5 Å². The predicted molar refractivity (Wildman–Crippen MR) is 133 cm³/mol. The molecule has 2 aliphatic rings. The molecule has 2 aromatic carbocycles. The number of ether oxygens (including phenoxy) is 4. The molecule has 1 heterocycles. The number of Topliss-reactive ketones (excluding diaryl/α,β-unsaturated/α-hetero) is 1. The van der Waals surface area contributed by atoms with Gasteiger partial charge in [0.05, 0.1) is 33.5 Å². The molecule has 0 fully saturated rings. The molecule has 0 spiro atoms. The average Bonchev–Trinajstić information content (AvgIpc) is 2.87. The lowest BCUT2D eigenvalue weighted by molar-refractivity contribution is -0.138. The number of carbonyl (C=O) groups is 2. The van der Waals surface area contributed by atoms with E-state index in [2.05, 4.69) is 5.32 Å². The van der Waals surface area contributed by atoms with Gasteiger partial charge in [0.2, 0.25) is 0 Å². The van der Waals surface area contributed by atoms with Gasteiger partial charge in [-0.1, -0.05) is 12.1 Å². The van der Waals surface area contributed by atoms with Gasteiger partial charge in [-0.05, 0) is 61.6 Å². The standard InChI is InChI=1S/C28H31NO7/c1-6-36-28(32)25-15(2)29-19-11-18(16-7-10-23(34-4)24(14-16)35-5)13-21(31)27(19)26(25)17-8-9-22(33-3)20(30)12-17/h7-10,12,14,18,26,29-30H,6,11,13H2,1-5H3/t18-,26+/m1/s1. The van der Waals surface area contributed by atoms with Crippen LogP contribution in [0.1, 0.15) is 49.7 Å². The number of benzene rings is 2. The zero-order valence-corrected chi connectivity index (χ0v) is 21.1. The maximum atomic E-state index is 13.7. The molecule has 4 rings (SSSR count). The SMILES string of the molecule is CCOC(=O)C1=C(C)NC2=C(C(=O)C[C@H](c3ccc(OC)c(OC)c3)C2)[C@H]1c1ccc(OC)c(O)c1. The van der Waals surface area contributed by atoms with E-state index in [9.17, 15) is 14.7 Å². The fourth-order valence-corrected chi connectivity index (χ4v) is 5.08. The molecule has 0 saturated heterocycles. The number of phenolic OH excluding ortho intramolecular Hbond substituents is 1. The molecule has 8 nitrogen and oxygen atoms in total. The minimum absolute atomic E-state index is 0.0667. The molecule has 0 amide bonds. The van der Waals surface area contributed by atoms with Gasteiger partial charge in [0, 0.05) is 29.3 Å². The number of aromatic hydroxyl groups is 1. The molecule has 1 aliphatic carbocycles. The van der Waals surface area contributed by atoms with Crippen molar-refractivity contribution >= 4 is 11.8 Å². The van der Waals surface area contributed by atoms with Crippen LogP contribution in [0.25, 0.3) is 0 Å². The number of rotatable bonds is 7. The monoisotopic (exact) mass is 493 g/mol. The number of carbonyl (C=O) groups excluding carboxylic acids is 2. The van der Waals surface area contributed by atoms with Crippen molar-refractivity contribution in [3.05, 3.63) is 70.1 Å². The van der Waals surface area contributed by atoms with Gasteiger partial charge in [0.15, 0.2) is 28.8 Å². The van der Waals surface area contributed by atoms with E-state index in [4.69, 9.17) is 18.9 Å². The normalized spacial score (nSPS) is 19.4. The number of hydrogen-bond acceptors (Lipinski definition) is 8. The Morgan fingerprint density at radius 3 is 2.28 bits per heavy atom. The Kier molecular flexibility index (Phi) is 7.24. The number of phenols is 1. The van der Waals surface area contributed by atoms with Crippen LogP contribution in [0.4, 0.5) is 0 Å². The molecule has 2 N–H and O–H groups in total. The van der Waals surface area contributed by atoms with Crippen molar-refractivity contribution in [1.82, 2.24) is 5.32 Å². The summed E-state index contributed by atoms with van der Waals surface area (Å²) in [5.74, 6) is 0.151. The first-order valence-electron chi connectivity index (χ1n) is 11.8. The second kappa shape index (κ2) is 10.4. The minimum atomic E-state index is -0.670. The third-order valence-corrected chi connectivity index (χ3v) is 6.74. The lowest BCUT2D eigenvalue weighted by Crippen LogP contribution is -2.36. The van der Waals surface area contributed by atoms with Crippen molar-refractivity contribution in [2.24, 2.45) is 0 Å². The fourth-order valence-electron chi connectivity index (χ4n) is 5.08. The zero-order chi connectivity index (χ0) is 26.0. The number of allylic oxidation sites excluding steroid dienone is 3. The topological polar surface area (TPSA) is 103 Å². The number of dihydropyridines is 1. The van der Waals surface area contributed by atoms with E-state index in [1.165, 1.54) is 7.11 Å². The second-order valence-corrected chi connectivity index (χ2v) is 8.78. The minimum Gasteiger partial charge on any atom is -0.504 e. The van der Waals surface area contributed by atoms with Gasteiger partial charge >= 0.3 is 5.97 Å². The molecule has 36 heavy (non-hydrogen) atoms. The molecule has 0 aromatic heterocycles. The Morgan fingerprint density at radius 1 is 0.972 bits per heavy atom. The summed E-state index contributed by atoms with van der Waals surface area (Å²) in [6.45, 7) is 3.75. The molecule has 1 aliphatic heterocycles. The predicted octanol–water partition coefficient (Wildman–Crippen LogP) is 4.34. The molecule has 0 saturated carbocycles. The Morgan fingerprint density at radius 2 is 1.64 bits per heavy atom. The van der Waals surface area contributed by atoms with E-state index in [-0.39, 0.29) is 30.5 Å². The van der Waals surface area contributed by atoms with Gasteiger partial charge in [0.25, 0.3) is 0 Å². The molecular weight excluding hydrogens is 462 g/mol. The second-order valence-electron chi connectivity index (χ2n) is 8.78. The van der Waals surface area contributed by atoms with Gasteiger partial charge < -0.3 is 29.4 Å². The third-order valence-electron chi connectivity index (χ3n) is 6.74. The smallest absolute Gasteiger partial charge is 0.336 e. The molecule has 0 unspecified atom stereocenters. The largest absolute Gasteiger partial charge is 0.504 e. The van der Waals surface area contributed by atoms with E-state index >= 15 is 0 Å². The molecular formula is C28H31NO7. The first-order chi connectivity index (χ1) is 17.3. The van der Waals surface area contributed by atoms with Gasteiger partial charge in [-0.3, -0.25) is 4.79 Å². The van der Waals surface area contributed by atoms with E-state index in [1.807, 2.05) is 18.2 Å². The summed E-state index contributed by atoms with van der Waals surface area (Å²) in [7, 11) is 4.63. The van der Waals surface area contributed by atoms with E-state index in [0.717, 1.165) is 11.3 Å². The molecule has 0 radical (unpaired) electrons. The Labute approximate surface area is 210 Å². The first-order valence-corrected chi connectivity index (χ1v) is 11.8. The number of methoxy groups -OCH3 is 3. The molecule has 0 bridgehead atoms. The third kappa shape index (κ3) is 4.51. The molecule has 2 atom stereocenters. The Bertz CT molecular complexity index is 1260. The zero-order valence-electron chi connectivity index (χ0n) is 21.1. The quantitative estimate of drug-likeness (QED) is 0.549. The van der Waals surface area contributed by atoms with Crippen LogP contribution in [0.5, 0.6) is 23.0 Å². The van der Waals surface area contributed by atoms with Gasteiger partial charge in [-0.15, -0.1) is 0 Å². The summed E-state index contributed by atoms with van der Waals surface area (Å²) in [5.41, 5.74) is 3.83. The van der Waals surface area contributed by atoms with Crippen LogP contribution in [-0.4, -0.2) is 44.8 Å². The number of esters is 1. The van der Waals surface area contributed by atoms with Crippen molar-refractivity contribution in [3.8, 4) is 23.0 Å². The van der Waals surface area contributed by atoms with Gasteiger partial charge in [-0.25, -0.2) is 4.79 Å². The Balaban J connectivity index is 1.79. The fraction of sp³-hybridized carbons (Fsp3) is 0.357. The van der Waals surface area contributed by atoms with Crippen molar-refractivity contribution in [2.45, 2.75) is 38.5 Å². The highest BCUT2D eigenvalue weighted by atomic mass is 16.5. The number of hydrogen-bond donors (Lipinski definition) is 2.